The second kappa shape index (κ2) is 28.4. The number of rotatable bonds is 2. The number of hydrogen-bond acceptors (Lipinski definition) is 11. The van der Waals surface area contributed by atoms with Crippen molar-refractivity contribution in [2.45, 2.75) is 27.2 Å². The molecule has 1 unspecified atom stereocenters. The lowest BCUT2D eigenvalue weighted by atomic mass is 10.0. The maximum Gasteiger partial charge on any atom is 0.339 e. The maximum absolute atomic E-state index is 11.1. The highest BCUT2D eigenvalue weighted by atomic mass is 127. The van der Waals surface area contributed by atoms with Crippen LogP contribution in [0.1, 0.15) is 30.0 Å². The lowest BCUT2D eigenvalue weighted by Gasteiger charge is -2.03. The molecule has 0 amide bonds. The Hall–Kier alpha value is -4.18. The van der Waals surface area contributed by atoms with Gasteiger partial charge in [0.15, 0.2) is 9.88 Å². The third-order valence-electron chi connectivity index (χ3n) is 6.54. The Balaban J connectivity index is 0.000000717. The molecular weight excluding hydrogens is 1070 g/mol. The van der Waals surface area contributed by atoms with Crippen molar-refractivity contribution in [1.82, 2.24) is 59.8 Å². The van der Waals surface area contributed by atoms with Crippen molar-refractivity contribution in [3.8, 4) is 6.07 Å². The number of aromatic nitrogens is 12. The number of aromatic amines is 7. The molecule has 0 saturated carbocycles. The van der Waals surface area contributed by atoms with Crippen LogP contribution in [0.4, 0.5) is 4.39 Å². The Kier molecular flexibility index (Phi) is 24.7. The third kappa shape index (κ3) is 21.5. The molecule has 61 heavy (non-hydrogen) atoms. The zero-order valence-corrected chi connectivity index (χ0v) is 40.3. The number of H-pyrrole nitrogens is 7. The molecular formula is C33H39Cl5FIN15O3PS2. The highest BCUT2D eigenvalue weighted by Crippen LogP contribution is 2.61. The van der Waals surface area contributed by atoms with Crippen LogP contribution in [-0.4, -0.2) is 72.1 Å². The molecule has 8 aromatic rings. The van der Waals surface area contributed by atoms with Gasteiger partial charge in [-0.2, -0.15) is 5.26 Å². The quantitative estimate of drug-likeness (QED) is 0.0337. The SMILES string of the molecule is CC(C)CC(C)C#N.Clc1ncnc2[nH]cc(I)c12.Clc1ncnc2[nH]ccc12.NC(N)=S.O=P(Cl)(Cl)Cl.O=c1[nH]c(=S)[nH]c2[nH]ccc12.O=c1[nH]cnc2[nH]ccc12.[2HH].[2H]CF. The van der Waals surface area contributed by atoms with Gasteiger partial charge < -0.3 is 41.4 Å². The van der Waals surface area contributed by atoms with Gasteiger partial charge in [0.05, 0.1) is 42.5 Å². The van der Waals surface area contributed by atoms with Gasteiger partial charge in [-0.3, -0.25) is 23.5 Å². The highest BCUT2D eigenvalue weighted by Gasteiger charge is 2.06. The fraction of sp³-hybridized carbons (Fsp3) is 0.212. The highest BCUT2D eigenvalue weighted by molar-refractivity contribution is 14.1. The Labute approximate surface area is 397 Å². The summed E-state index contributed by atoms with van der Waals surface area (Å²) in [5.41, 5.74) is 11.8. The lowest BCUT2D eigenvalue weighted by molar-refractivity contribution is 0.510. The number of nitrogens with two attached hydrogens (primary N) is 2. The number of hydrogen-bond donors (Lipinski definition) is 9. The van der Waals surface area contributed by atoms with Crippen LogP contribution in [0.15, 0.2) is 71.6 Å². The van der Waals surface area contributed by atoms with E-state index in [2.05, 4.69) is 160 Å². The summed E-state index contributed by atoms with van der Waals surface area (Å²) < 4.78 is 26.4. The molecule has 0 aliphatic rings. The van der Waals surface area contributed by atoms with Crippen LogP contribution in [-0.2, 0) is 4.57 Å². The molecule has 1 atom stereocenters. The first-order valence-corrected chi connectivity index (χ1v) is 23.6. The summed E-state index contributed by atoms with van der Waals surface area (Å²) in [6, 6.07) is 7.43. The van der Waals surface area contributed by atoms with Gasteiger partial charge in [0, 0.05) is 35.7 Å². The molecule has 0 radical (unpaired) electrons. The average Bonchev–Trinajstić information content (AvgIpc) is 4.00. The van der Waals surface area contributed by atoms with Gasteiger partial charge in [0.25, 0.3) is 11.1 Å². The second-order valence-corrected chi connectivity index (χ2v) is 20.9. The molecule has 8 heterocycles. The van der Waals surface area contributed by atoms with Gasteiger partial charge in [0.1, 0.15) is 45.5 Å². The molecule has 0 bridgehead atoms. The largest absolute Gasteiger partial charge is 0.377 e. The summed E-state index contributed by atoms with van der Waals surface area (Å²) in [7, 11) is -1.00. The van der Waals surface area contributed by atoms with E-state index in [1.54, 1.807) is 30.7 Å². The predicted octanol–water partition coefficient (Wildman–Crippen LogP) is 10.0. The Morgan fingerprint density at radius 2 is 1.39 bits per heavy atom. The number of thiocarbonyl (C=S) groups is 1. The van der Waals surface area contributed by atoms with Crippen LogP contribution in [0.25, 0.3) is 44.1 Å². The smallest absolute Gasteiger partial charge is 0.339 e. The van der Waals surface area contributed by atoms with Gasteiger partial charge in [-0.25, -0.2) is 24.9 Å². The molecule has 0 aliphatic carbocycles. The summed E-state index contributed by atoms with van der Waals surface area (Å²) in [4.78, 5) is 60.9. The monoisotopic (exact) mass is 1110 g/mol. The Bertz CT molecular complexity index is 2850. The van der Waals surface area contributed by atoms with Crippen LogP contribution in [0.2, 0.25) is 10.3 Å². The molecule has 0 saturated heterocycles. The zero-order chi connectivity index (χ0) is 47.0. The summed E-state index contributed by atoms with van der Waals surface area (Å²) in [5.74, 6) is 0.889. The Morgan fingerprint density at radius 1 is 0.885 bits per heavy atom. The van der Waals surface area contributed by atoms with E-state index in [1.807, 2.05) is 19.2 Å². The maximum atomic E-state index is 11.1. The van der Waals surface area contributed by atoms with Crippen molar-refractivity contribution in [2.24, 2.45) is 23.3 Å². The first kappa shape index (κ1) is 53.0. The summed E-state index contributed by atoms with van der Waals surface area (Å²) in [5, 5.41) is 9.06. The number of fused-ring (bicyclic) bond motifs is 4. The first-order valence-electron chi connectivity index (χ1n) is 17.2. The fourth-order valence-electron chi connectivity index (χ4n) is 4.35. The van der Waals surface area contributed by atoms with Gasteiger partial charge >= 0.3 is 5.20 Å². The van der Waals surface area contributed by atoms with E-state index in [0.29, 0.717) is 43.1 Å². The normalized spacial score (nSPS) is 10.7. The Morgan fingerprint density at radius 3 is 1.90 bits per heavy atom. The van der Waals surface area contributed by atoms with E-state index in [4.69, 9.17) is 42.1 Å². The van der Waals surface area contributed by atoms with E-state index in [9.17, 15) is 18.5 Å². The molecule has 18 nitrogen and oxygen atoms in total. The van der Waals surface area contributed by atoms with Crippen molar-refractivity contribution in [3.05, 3.63) is 101 Å². The van der Waals surface area contributed by atoms with Crippen LogP contribution in [0.3, 0.4) is 0 Å². The van der Waals surface area contributed by atoms with E-state index in [0.717, 1.165) is 32.1 Å². The fourth-order valence-corrected chi connectivity index (χ4v) is 5.80. The van der Waals surface area contributed by atoms with E-state index < -0.39 is 12.4 Å². The average molecular weight is 1110 g/mol. The lowest BCUT2D eigenvalue weighted by Crippen LogP contribution is -2.18. The zero-order valence-electron chi connectivity index (χ0n) is 32.8. The molecule has 0 aliphatic heterocycles. The molecule has 0 fully saturated rings. The number of alkyl halides is 1. The van der Waals surface area contributed by atoms with Gasteiger partial charge in [-0.15, -0.1) is 0 Å². The molecule has 8 rings (SSSR count). The van der Waals surface area contributed by atoms with Crippen LogP contribution < -0.4 is 22.6 Å². The number of nitriles is 1. The van der Waals surface area contributed by atoms with E-state index in [1.165, 1.54) is 19.0 Å². The topological polar surface area (TPSA) is 302 Å². The standard InChI is InChI=1S/C7H13N.C6H3ClIN3.C6H4ClN3.C6H5N3OS.C6H5N3O.CH3F.CH4N2S.Cl3OP.H2/c1-6(2)4-7(3)5-8;7-5-4-3(8)1-9-6(4)11-2-10-5;7-5-4-1-2-8-6(4)10-3-9-5;10-5-3-1-2-7-4(3)8-6(11)9-5;10-6-4-1-2-7-5(4)8-3-9-6;1-2;2-1(3)4;1-5(2,3)4;/h6-7H,4H2,1-3H3;1-2H,(H,9,10,11);1-3H,(H,8,9,10);1-2H,(H3,7,8,9,10,11);1-3H,(H2,7,8,9,10);1H3;(H4,2,3,4);;1H/i;;;;;1D;;;1+1. The number of nitrogens with zero attached hydrogens (tertiary/aromatic N) is 6. The first-order chi connectivity index (χ1) is 29.1. The van der Waals surface area contributed by atoms with Gasteiger partial charge in [-0.05, 0) is 118 Å². The van der Waals surface area contributed by atoms with Crippen LogP contribution in [0.5, 0.6) is 0 Å². The minimum atomic E-state index is -3.22. The van der Waals surface area contributed by atoms with Crippen molar-refractivity contribution in [2.75, 3.05) is 7.15 Å². The third-order valence-corrected chi connectivity index (χ3v) is 8.19. The summed E-state index contributed by atoms with van der Waals surface area (Å²) in [6.07, 6.45) is 12.3. The van der Waals surface area contributed by atoms with Crippen molar-refractivity contribution in [3.63, 3.8) is 0 Å². The van der Waals surface area contributed by atoms with E-state index in [-0.39, 0.29) is 23.6 Å². The molecule has 8 aromatic heterocycles. The second-order valence-electron chi connectivity index (χ2n) is 11.5. The van der Waals surface area contributed by atoms with E-state index >= 15 is 0 Å². The minimum absolute atomic E-state index is 0. The molecule has 28 heteroatoms. The van der Waals surface area contributed by atoms with Crippen molar-refractivity contribution >= 4 is 158 Å². The number of halogens is 7. The molecule has 11 N–H and O–H groups in total. The van der Waals surface area contributed by atoms with Crippen LogP contribution >= 0.6 is 109 Å². The van der Waals surface area contributed by atoms with Crippen LogP contribution in [0, 0.1) is 31.5 Å². The van der Waals surface area contributed by atoms with Crippen molar-refractivity contribution < 1.29 is 11.8 Å². The van der Waals surface area contributed by atoms with Gasteiger partial charge in [0.2, 0.25) is 0 Å². The van der Waals surface area contributed by atoms with Crippen molar-refractivity contribution in [1.29, 1.82) is 5.26 Å². The summed E-state index contributed by atoms with van der Waals surface area (Å²) in [6.45, 7) is 6.22. The molecule has 330 valence electrons. The molecule has 0 aromatic carbocycles. The minimum Gasteiger partial charge on any atom is -0.377 e. The molecule has 0 spiro atoms. The summed E-state index contributed by atoms with van der Waals surface area (Å²) >= 11 is 36.4. The number of nitrogens with one attached hydrogen (secondary N) is 7. The van der Waals surface area contributed by atoms with Gasteiger partial charge in [-0.1, -0.05) is 37.0 Å². The predicted molar refractivity (Wildman–Crippen MR) is 261 cm³/mol.